The summed E-state index contributed by atoms with van der Waals surface area (Å²) in [6.45, 7) is 0.325. The van der Waals surface area contributed by atoms with Gasteiger partial charge in [-0.25, -0.2) is 0 Å². The smallest absolute Gasteiger partial charge is 0.286 e. The minimum absolute atomic E-state index is 0.186. The number of hydrogen-bond acceptors (Lipinski definition) is 4. The summed E-state index contributed by atoms with van der Waals surface area (Å²) < 4.78 is 5.00. The predicted octanol–water partition coefficient (Wildman–Crippen LogP) is 4.33. The minimum Gasteiger partial charge on any atom is -0.459 e. The number of nitrogens with one attached hydrogen (secondary N) is 3. The number of furan rings is 1. The first-order valence-electron chi connectivity index (χ1n) is 9.30. The molecule has 8 heteroatoms. The first-order valence-corrected chi connectivity index (χ1v) is 9.68. The van der Waals surface area contributed by atoms with Crippen LogP contribution in [0.2, 0.25) is 5.02 Å². The Balaban J connectivity index is 1.51. The van der Waals surface area contributed by atoms with Gasteiger partial charge in [-0.1, -0.05) is 23.7 Å². The maximum atomic E-state index is 12.6. The van der Waals surface area contributed by atoms with E-state index in [0.29, 0.717) is 34.9 Å². The van der Waals surface area contributed by atoms with Crippen molar-refractivity contribution in [1.29, 1.82) is 0 Å². The SMILES string of the molecule is O=C(CCCNC(=O)c1ccco1)Nc1ccccc1C(=O)Nc1ccc(Cl)cc1. The summed E-state index contributed by atoms with van der Waals surface area (Å²) in [5, 5.41) is 8.77. The molecule has 0 aliphatic heterocycles. The molecule has 2 aromatic carbocycles. The van der Waals surface area contributed by atoms with Gasteiger partial charge in [0, 0.05) is 23.7 Å². The lowest BCUT2D eigenvalue weighted by Gasteiger charge is -2.12. The average Bonchev–Trinajstić information content (AvgIpc) is 3.28. The van der Waals surface area contributed by atoms with E-state index in [1.807, 2.05) is 0 Å². The van der Waals surface area contributed by atoms with Crippen LogP contribution in [0.5, 0.6) is 0 Å². The van der Waals surface area contributed by atoms with Gasteiger partial charge >= 0.3 is 0 Å². The van der Waals surface area contributed by atoms with Crippen molar-refractivity contribution < 1.29 is 18.8 Å². The van der Waals surface area contributed by atoms with E-state index >= 15 is 0 Å². The second-order valence-electron chi connectivity index (χ2n) is 6.39. The molecule has 0 bridgehead atoms. The van der Waals surface area contributed by atoms with Gasteiger partial charge in [-0.3, -0.25) is 14.4 Å². The first kappa shape index (κ1) is 21.1. The molecule has 3 N–H and O–H groups in total. The Morgan fingerprint density at radius 1 is 0.867 bits per heavy atom. The fourth-order valence-corrected chi connectivity index (χ4v) is 2.81. The number of benzene rings is 2. The highest BCUT2D eigenvalue weighted by molar-refractivity contribution is 6.30. The Morgan fingerprint density at radius 3 is 2.37 bits per heavy atom. The van der Waals surface area contributed by atoms with Crippen LogP contribution in [0.4, 0.5) is 11.4 Å². The minimum atomic E-state index is -0.348. The Bertz CT molecular complexity index is 1020. The van der Waals surface area contributed by atoms with Crippen molar-refractivity contribution in [3.8, 4) is 0 Å². The molecule has 154 valence electrons. The van der Waals surface area contributed by atoms with Gasteiger partial charge in [0.05, 0.1) is 17.5 Å². The summed E-state index contributed by atoms with van der Waals surface area (Å²) in [5.74, 6) is -0.711. The summed E-state index contributed by atoms with van der Waals surface area (Å²) in [6, 6.07) is 16.7. The molecule has 0 unspecified atom stereocenters. The third kappa shape index (κ3) is 5.96. The molecule has 0 saturated carbocycles. The third-order valence-corrected chi connectivity index (χ3v) is 4.41. The van der Waals surface area contributed by atoms with Gasteiger partial charge in [0.15, 0.2) is 5.76 Å². The van der Waals surface area contributed by atoms with Gasteiger partial charge in [0.25, 0.3) is 11.8 Å². The number of amides is 3. The third-order valence-electron chi connectivity index (χ3n) is 4.16. The van der Waals surface area contributed by atoms with Gasteiger partial charge in [0.1, 0.15) is 0 Å². The molecular formula is C22H20ClN3O4. The van der Waals surface area contributed by atoms with Gasteiger partial charge in [-0.05, 0) is 55.0 Å². The maximum absolute atomic E-state index is 12.6. The Morgan fingerprint density at radius 2 is 1.63 bits per heavy atom. The van der Waals surface area contributed by atoms with Crippen LogP contribution in [0.1, 0.15) is 33.8 Å². The molecule has 0 saturated heterocycles. The second-order valence-corrected chi connectivity index (χ2v) is 6.83. The molecule has 0 spiro atoms. The first-order chi connectivity index (χ1) is 14.5. The van der Waals surface area contributed by atoms with Crippen molar-refractivity contribution in [1.82, 2.24) is 5.32 Å². The normalized spacial score (nSPS) is 10.3. The van der Waals surface area contributed by atoms with E-state index in [4.69, 9.17) is 16.0 Å². The van der Waals surface area contributed by atoms with E-state index in [-0.39, 0.29) is 29.9 Å². The summed E-state index contributed by atoms with van der Waals surface area (Å²) in [4.78, 5) is 36.6. The lowest BCUT2D eigenvalue weighted by molar-refractivity contribution is -0.116. The largest absolute Gasteiger partial charge is 0.459 e. The summed E-state index contributed by atoms with van der Waals surface area (Å²) in [7, 11) is 0. The van der Waals surface area contributed by atoms with E-state index in [9.17, 15) is 14.4 Å². The van der Waals surface area contributed by atoms with E-state index in [2.05, 4.69) is 16.0 Å². The standard InChI is InChI=1S/C22H20ClN3O4/c23-15-9-11-16(12-10-15)25-21(28)17-5-1-2-6-18(17)26-20(27)8-3-13-24-22(29)19-7-4-14-30-19/h1-2,4-7,9-12,14H,3,8,13H2,(H,24,29)(H,25,28)(H,26,27). The number of rotatable bonds is 8. The van der Waals surface area contributed by atoms with Gasteiger partial charge in [0.2, 0.25) is 5.91 Å². The molecule has 0 aliphatic rings. The highest BCUT2D eigenvalue weighted by Gasteiger charge is 2.14. The molecule has 7 nitrogen and oxygen atoms in total. The number of hydrogen-bond donors (Lipinski definition) is 3. The molecule has 30 heavy (non-hydrogen) atoms. The van der Waals surface area contributed by atoms with Crippen LogP contribution in [0.25, 0.3) is 0 Å². The average molecular weight is 426 g/mol. The lowest BCUT2D eigenvalue weighted by Crippen LogP contribution is -2.25. The Kier molecular flexibility index (Phi) is 7.24. The molecule has 0 atom stereocenters. The number of carbonyl (C=O) groups is 3. The molecule has 1 aromatic heterocycles. The van der Waals surface area contributed by atoms with Gasteiger partial charge in [-0.15, -0.1) is 0 Å². The lowest BCUT2D eigenvalue weighted by atomic mass is 10.1. The van der Waals surface area contributed by atoms with Crippen molar-refractivity contribution in [3.63, 3.8) is 0 Å². The summed E-state index contributed by atoms with van der Waals surface area (Å²) >= 11 is 5.86. The molecular weight excluding hydrogens is 406 g/mol. The molecule has 1 heterocycles. The Labute approximate surface area is 178 Å². The molecule has 0 radical (unpaired) electrons. The van der Waals surface area contributed by atoms with Gasteiger partial charge in [-0.2, -0.15) is 0 Å². The topological polar surface area (TPSA) is 100 Å². The monoisotopic (exact) mass is 425 g/mol. The van der Waals surface area contributed by atoms with E-state index in [1.165, 1.54) is 6.26 Å². The highest BCUT2D eigenvalue weighted by atomic mass is 35.5. The fourth-order valence-electron chi connectivity index (χ4n) is 2.68. The summed E-state index contributed by atoms with van der Waals surface area (Å²) in [5.41, 5.74) is 1.35. The van der Waals surface area contributed by atoms with Crippen LogP contribution in [0.3, 0.4) is 0 Å². The van der Waals surface area contributed by atoms with E-state index in [1.54, 1.807) is 60.7 Å². The van der Waals surface area contributed by atoms with Gasteiger partial charge < -0.3 is 20.4 Å². The van der Waals surface area contributed by atoms with Crippen molar-refractivity contribution in [3.05, 3.63) is 83.3 Å². The number of halogens is 1. The zero-order valence-electron chi connectivity index (χ0n) is 16.0. The van der Waals surface area contributed by atoms with Crippen LogP contribution in [-0.4, -0.2) is 24.3 Å². The van der Waals surface area contributed by atoms with Crippen molar-refractivity contribution >= 4 is 40.7 Å². The number of carbonyl (C=O) groups excluding carboxylic acids is 3. The molecule has 3 aromatic rings. The van der Waals surface area contributed by atoms with Crippen molar-refractivity contribution in [2.45, 2.75) is 12.8 Å². The molecule has 3 rings (SSSR count). The zero-order chi connectivity index (χ0) is 21.3. The molecule has 0 aliphatic carbocycles. The number of anilines is 2. The quantitative estimate of drug-likeness (QED) is 0.467. The van der Waals surface area contributed by atoms with Crippen LogP contribution in [0.15, 0.2) is 71.3 Å². The summed E-state index contributed by atoms with van der Waals surface area (Å²) in [6.07, 6.45) is 2.05. The van der Waals surface area contributed by atoms with Crippen molar-refractivity contribution in [2.75, 3.05) is 17.2 Å². The molecule has 0 fully saturated rings. The second kappa shape index (κ2) is 10.3. The number of para-hydroxylation sites is 1. The van der Waals surface area contributed by atoms with E-state index < -0.39 is 0 Å². The van der Waals surface area contributed by atoms with E-state index in [0.717, 1.165) is 0 Å². The predicted molar refractivity (Wildman–Crippen MR) is 115 cm³/mol. The Hall–Kier alpha value is -3.58. The van der Waals surface area contributed by atoms with Crippen LogP contribution < -0.4 is 16.0 Å². The fraction of sp³-hybridized carbons (Fsp3) is 0.136. The molecule has 3 amide bonds. The van der Waals surface area contributed by atoms with Crippen molar-refractivity contribution in [2.24, 2.45) is 0 Å². The van der Waals surface area contributed by atoms with Crippen LogP contribution >= 0.6 is 11.6 Å². The zero-order valence-corrected chi connectivity index (χ0v) is 16.7. The maximum Gasteiger partial charge on any atom is 0.286 e. The van der Waals surface area contributed by atoms with Crippen LogP contribution in [0, 0.1) is 0 Å². The highest BCUT2D eigenvalue weighted by Crippen LogP contribution is 2.19. The van der Waals surface area contributed by atoms with Crippen LogP contribution in [-0.2, 0) is 4.79 Å².